The standard InChI is InChI=1S/C6H6Br2N2O2/c7-1-2-10-5(12)3-4(11)6(8)9-10/h1-3H2. The number of hydrogen-bond acceptors (Lipinski definition) is 3. The average molecular weight is 298 g/mol. The molecule has 0 N–H and O–H groups in total. The van der Waals surface area contributed by atoms with Gasteiger partial charge in [-0.2, -0.15) is 5.10 Å². The molecule has 0 aliphatic carbocycles. The van der Waals surface area contributed by atoms with Crippen molar-refractivity contribution in [2.75, 3.05) is 11.9 Å². The lowest BCUT2D eigenvalue weighted by Gasteiger charge is -2.19. The Morgan fingerprint density at radius 2 is 2.17 bits per heavy atom. The van der Waals surface area contributed by atoms with Gasteiger partial charge in [0.15, 0.2) is 10.4 Å². The summed E-state index contributed by atoms with van der Waals surface area (Å²) in [7, 11) is 0. The first-order valence-electron chi connectivity index (χ1n) is 3.29. The Kier molecular flexibility index (Phi) is 3.39. The number of carbonyl (C=O) groups excluding carboxylic acids is 2. The molecule has 1 aliphatic rings. The molecule has 0 unspecified atom stereocenters. The van der Waals surface area contributed by atoms with Crippen molar-refractivity contribution < 1.29 is 9.59 Å². The van der Waals surface area contributed by atoms with Gasteiger partial charge in [0.05, 0.1) is 13.0 Å². The van der Waals surface area contributed by atoms with E-state index in [4.69, 9.17) is 0 Å². The molecule has 0 atom stereocenters. The van der Waals surface area contributed by atoms with E-state index in [0.717, 1.165) is 0 Å². The van der Waals surface area contributed by atoms with E-state index >= 15 is 0 Å². The molecule has 0 aromatic rings. The summed E-state index contributed by atoms with van der Waals surface area (Å²) in [6.07, 6.45) is -0.0862. The molecule has 0 bridgehead atoms. The number of halogens is 2. The molecule has 0 saturated carbocycles. The molecule has 6 heteroatoms. The Morgan fingerprint density at radius 1 is 1.50 bits per heavy atom. The highest BCUT2D eigenvalue weighted by Gasteiger charge is 2.24. The maximum absolute atomic E-state index is 11.1. The summed E-state index contributed by atoms with van der Waals surface area (Å²) in [5.41, 5.74) is 0. The Hall–Kier alpha value is -0.230. The second kappa shape index (κ2) is 4.13. The first-order chi connectivity index (χ1) is 5.65. The van der Waals surface area contributed by atoms with Crippen LogP contribution in [-0.4, -0.2) is 33.2 Å². The maximum atomic E-state index is 11.1. The number of hydrazone groups is 1. The van der Waals surface area contributed by atoms with Crippen molar-refractivity contribution in [3.63, 3.8) is 0 Å². The van der Waals surface area contributed by atoms with Crippen molar-refractivity contribution >= 4 is 48.2 Å². The molecule has 1 amide bonds. The second-order valence-corrected chi connectivity index (χ2v) is 3.74. The zero-order chi connectivity index (χ0) is 9.14. The van der Waals surface area contributed by atoms with E-state index in [-0.39, 0.29) is 22.7 Å². The van der Waals surface area contributed by atoms with Gasteiger partial charge in [0.2, 0.25) is 0 Å². The van der Waals surface area contributed by atoms with Crippen molar-refractivity contribution in [2.45, 2.75) is 6.42 Å². The molecule has 12 heavy (non-hydrogen) atoms. The third-order valence-electron chi connectivity index (χ3n) is 1.33. The summed E-state index contributed by atoms with van der Waals surface area (Å²) in [5.74, 6) is -0.506. The molecule has 0 aromatic carbocycles. The zero-order valence-electron chi connectivity index (χ0n) is 6.09. The van der Waals surface area contributed by atoms with E-state index in [1.807, 2.05) is 0 Å². The quantitative estimate of drug-likeness (QED) is 0.561. The fourth-order valence-corrected chi connectivity index (χ4v) is 1.44. The minimum Gasteiger partial charge on any atom is -0.291 e. The topological polar surface area (TPSA) is 49.7 Å². The lowest BCUT2D eigenvalue weighted by molar-refractivity contribution is -0.134. The first kappa shape index (κ1) is 9.85. The first-order valence-corrected chi connectivity index (χ1v) is 5.20. The normalized spacial score (nSPS) is 18.2. The number of carbonyl (C=O) groups is 2. The Labute approximate surface area is 86.2 Å². The summed E-state index contributed by atoms with van der Waals surface area (Å²) in [4.78, 5) is 22.0. The molecule has 1 aliphatic heterocycles. The highest BCUT2D eigenvalue weighted by molar-refractivity contribution is 9.19. The van der Waals surface area contributed by atoms with E-state index in [9.17, 15) is 9.59 Å². The summed E-state index contributed by atoms with van der Waals surface area (Å²) in [6.45, 7) is 0.487. The fourth-order valence-electron chi connectivity index (χ4n) is 0.774. The Balaban J connectivity index is 2.76. The van der Waals surface area contributed by atoms with Crippen LogP contribution in [-0.2, 0) is 9.59 Å². The van der Waals surface area contributed by atoms with Crippen LogP contribution in [0.5, 0.6) is 0 Å². The number of alkyl halides is 1. The van der Waals surface area contributed by atoms with Gasteiger partial charge in [-0.25, -0.2) is 5.01 Å². The molecular weight excluding hydrogens is 292 g/mol. The van der Waals surface area contributed by atoms with Crippen LogP contribution in [0, 0.1) is 0 Å². The van der Waals surface area contributed by atoms with Crippen LogP contribution in [0.15, 0.2) is 5.10 Å². The van der Waals surface area contributed by atoms with Gasteiger partial charge >= 0.3 is 0 Å². The molecule has 0 radical (unpaired) electrons. The summed E-state index contributed by atoms with van der Waals surface area (Å²) >= 11 is 6.17. The average Bonchev–Trinajstić information content (AvgIpc) is 2.01. The number of ketones is 1. The Morgan fingerprint density at radius 3 is 2.75 bits per heavy atom. The third kappa shape index (κ3) is 2.13. The number of amides is 1. The van der Waals surface area contributed by atoms with Crippen molar-refractivity contribution in [1.82, 2.24) is 5.01 Å². The highest BCUT2D eigenvalue weighted by Crippen LogP contribution is 2.09. The van der Waals surface area contributed by atoms with E-state index < -0.39 is 0 Å². The van der Waals surface area contributed by atoms with Gasteiger partial charge in [-0.1, -0.05) is 15.9 Å². The predicted molar refractivity (Wildman–Crippen MR) is 51.5 cm³/mol. The molecule has 4 nitrogen and oxygen atoms in total. The number of rotatable bonds is 2. The molecule has 1 rings (SSSR count). The molecule has 66 valence electrons. The number of nitrogens with zero attached hydrogens (tertiary/aromatic N) is 2. The summed E-state index contributed by atoms with van der Waals surface area (Å²) in [6, 6.07) is 0. The fraction of sp³-hybridized carbons (Fsp3) is 0.500. The van der Waals surface area contributed by atoms with Crippen LogP contribution < -0.4 is 0 Å². The van der Waals surface area contributed by atoms with Gasteiger partial charge in [0.1, 0.15) is 0 Å². The van der Waals surface area contributed by atoms with Crippen LogP contribution >= 0.6 is 31.9 Å². The van der Waals surface area contributed by atoms with Gasteiger partial charge in [0, 0.05) is 5.33 Å². The van der Waals surface area contributed by atoms with Crippen LogP contribution in [0.2, 0.25) is 0 Å². The van der Waals surface area contributed by atoms with Gasteiger partial charge in [-0.15, -0.1) is 0 Å². The Bertz CT molecular complexity index is 252. The van der Waals surface area contributed by atoms with Crippen LogP contribution in [0.1, 0.15) is 6.42 Å². The smallest absolute Gasteiger partial charge is 0.250 e. The van der Waals surface area contributed by atoms with Crippen molar-refractivity contribution in [2.24, 2.45) is 5.10 Å². The van der Waals surface area contributed by atoms with E-state index in [0.29, 0.717) is 11.9 Å². The SMILES string of the molecule is O=C1CC(=O)N(CCBr)N=C1Br. The molecule has 0 fully saturated rings. The lowest BCUT2D eigenvalue weighted by atomic mass is 10.2. The highest BCUT2D eigenvalue weighted by atomic mass is 79.9. The minimum atomic E-state index is -0.258. The number of Topliss-reactive ketones (excluding diaryl/α,β-unsaturated/α-hetero) is 1. The largest absolute Gasteiger partial charge is 0.291 e. The second-order valence-electron chi connectivity index (χ2n) is 2.20. The monoisotopic (exact) mass is 296 g/mol. The van der Waals surface area contributed by atoms with Gasteiger partial charge in [-0.3, -0.25) is 9.59 Å². The summed E-state index contributed by atoms with van der Waals surface area (Å²) in [5, 5.41) is 5.70. The predicted octanol–water partition coefficient (Wildman–Crippen LogP) is 0.891. The zero-order valence-corrected chi connectivity index (χ0v) is 9.26. The van der Waals surface area contributed by atoms with E-state index in [1.165, 1.54) is 5.01 Å². The van der Waals surface area contributed by atoms with E-state index in [2.05, 4.69) is 37.0 Å². The van der Waals surface area contributed by atoms with Gasteiger partial charge in [0.25, 0.3) is 5.91 Å². The molecule has 0 spiro atoms. The van der Waals surface area contributed by atoms with Crippen molar-refractivity contribution in [3.8, 4) is 0 Å². The molecule has 1 heterocycles. The van der Waals surface area contributed by atoms with Crippen LogP contribution in [0.3, 0.4) is 0 Å². The number of hydrogen-bond donors (Lipinski definition) is 0. The van der Waals surface area contributed by atoms with Gasteiger partial charge in [-0.05, 0) is 15.9 Å². The molecule has 0 aromatic heterocycles. The van der Waals surface area contributed by atoms with E-state index in [1.54, 1.807) is 0 Å². The van der Waals surface area contributed by atoms with Gasteiger partial charge < -0.3 is 0 Å². The van der Waals surface area contributed by atoms with Crippen molar-refractivity contribution in [1.29, 1.82) is 0 Å². The lowest BCUT2D eigenvalue weighted by Crippen LogP contribution is -2.36. The van der Waals surface area contributed by atoms with Crippen molar-refractivity contribution in [3.05, 3.63) is 0 Å². The minimum absolute atomic E-state index is 0.0862. The molecular formula is C6H6Br2N2O2. The summed E-state index contributed by atoms with van der Waals surface area (Å²) < 4.78 is 0.225. The third-order valence-corrected chi connectivity index (χ3v) is 2.29. The van der Waals surface area contributed by atoms with Crippen LogP contribution in [0.25, 0.3) is 0 Å². The molecule has 0 saturated heterocycles. The van der Waals surface area contributed by atoms with Crippen LogP contribution in [0.4, 0.5) is 0 Å². The maximum Gasteiger partial charge on any atom is 0.250 e.